The lowest BCUT2D eigenvalue weighted by molar-refractivity contribution is -0.385. The largest absolute Gasteiger partial charge is 0.456 e. The van der Waals surface area contributed by atoms with E-state index in [2.05, 4.69) is 26.2 Å². The molecule has 2 aromatic rings. The van der Waals surface area contributed by atoms with Gasteiger partial charge in [-0.2, -0.15) is 0 Å². The quantitative estimate of drug-likeness (QED) is 0.659. The van der Waals surface area contributed by atoms with Gasteiger partial charge >= 0.3 is 0 Å². The molecule has 0 radical (unpaired) electrons. The lowest BCUT2D eigenvalue weighted by atomic mass is 10.3. The van der Waals surface area contributed by atoms with Gasteiger partial charge in [-0.25, -0.2) is 4.98 Å². The summed E-state index contributed by atoms with van der Waals surface area (Å²) in [7, 11) is 0. The highest BCUT2D eigenvalue weighted by Crippen LogP contribution is 2.36. The fourth-order valence-electron chi connectivity index (χ4n) is 1.60. The number of halogens is 1. The summed E-state index contributed by atoms with van der Waals surface area (Å²) >= 11 is 3.19. The van der Waals surface area contributed by atoms with Crippen molar-refractivity contribution in [2.75, 3.05) is 11.9 Å². The van der Waals surface area contributed by atoms with Crippen LogP contribution in [0.25, 0.3) is 0 Å². The Labute approximate surface area is 124 Å². The summed E-state index contributed by atoms with van der Waals surface area (Å²) in [6.45, 7) is 2.71. The number of benzene rings is 1. The Morgan fingerprint density at radius 3 is 2.95 bits per heavy atom. The van der Waals surface area contributed by atoms with Crippen LogP contribution in [0, 0.1) is 10.1 Å². The predicted molar refractivity (Wildman–Crippen MR) is 79.3 cm³/mol. The first-order valence-corrected chi connectivity index (χ1v) is 6.71. The van der Waals surface area contributed by atoms with Crippen LogP contribution in [0.2, 0.25) is 0 Å². The Balaban J connectivity index is 2.28. The van der Waals surface area contributed by atoms with Gasteiger partial charge in [-0.3, -0.25) is 10.1 Å². The Kier molecular flexibility index (Phi) is 4.52. The summed E-state index contributed by atoms with van der Waals surface area (Å²) in [5.41, 5.74) is -0.0385. The van der Waals surface area contributed by atoms with Gasteiger partial charge in [0.15, 0.2) is 0 Å². The highest BCUT2D eigenvalue weighted by Gasteiger charge is 2.16. The van der Waals surface area contributed by atoms with Crippen LogP contribution in [-0.4, -0.2) is 16.5 Å². The number of hydrogen-bond acceptors (Lipinski definition) is 5. The minimum atomic E-state index is -0.465. The molecule has 0 saturated heterocycles. The molecule has 104 valence electrons. The average Bonchev–Trinajstić information content (AvgIpc) is 2.42. The number of rotatable bonds is 5. The van der Waals surface area contributed by atoms with Gasteiger partial charge in [0, 0.05) is 24.9 Å². The highest BCUT2D eigenvalue weighted by atomic mass is 79.9. The molecule has 0 aliphatic heterocycles. The first kappa shape index (κ1) is 14.3. The summed E-state index contributed by atoms with van der Waals surface area (Å²) in [5.74, 6) is 1.62. The van der Waals surface area contributed by atoms with Gasteiger partial charge in [-0.05, 0) is 35.0 Å². The molecule has 2 rings (SSSR count). The molecule has 1 aromatic carbocycles. The van der Waals surface area contributed by atoms with E-state index in [1.54, 1.807) is 30.5 Å². The molecule has 0 atom stereocenters. The predicted octanol–water partition coefficient (Wildman–Crippen LogP) is 3.98. The number of nitro groups is 1. The zero-order valence-electron chi connectivity index (χ0n) is 10.7. The van der Waals surface area contributed by atoms with Crippen LogP contribution in [0.3, 0.4) is 0 Å². The number of pyridine rings is 1. The Morgan fingerprint density at radius 2 is 2.25 bits per heavy atom. The Hall–Kier alpha value is -2.15. The first-order chi connectivity index (χ1) is 9.61. The lowest BCUT2D eigenvalue weighted by Crippen LogP contribution is -1.99. The van der Waals surface area contributed by atoms with Crippen LogP contribution in [0.1, 0.15) is 6.92 Å². The molecule has 0 fully saturated rings. The van der Waals surface area contributed by atoms with Gasteiger partial charge in [0.25, 0.3) is 5.69 Å². The van der Waals surface area contributed by atoms with Crippen molar-refractivity contribution in [1.29, 1.82) is 0 Å². The molecule has 1 N–H and O–H groups in total. The molecule has 0 bridgehead atoms. The second-order valence-corrected chi connectivity index (χ2v) is 4.65. The smallest absolute Gasteiger partial charge is 0.287 e. The molecule has 1 aromatic heterocycles. The zero-order chi connectivity index (χ0) is 14.5. The molecule has 0 aliphatic carbocycles. The Morgan fingerprint density at radius 1 is 1.45 bits per heavy atom. The van der Waals surface area contributed by atoms with E-state index in [0.717, 1.165) is 6.54 Å². The van der Waals surface area contributed by atoms with Crippen molar-refractivity contribution in [2.45, 2.75) is 6.92 Å². The van der Waals surface area contributed by atoms with E-state index in [1.165, 1.54) is 6.07 Å². The van der Waals surface area contributed by atoms with Crippen molar-refractivity contribution in [2.24, 2.45) is 0 Å². The fourth-order valence-corrected chi connectivity index (χ4v) is 2.09. The number of nitro benzene ring substituents is 1. The molecule has 7 heteroatoms. The van der Waals surface area contributed by atoms with E-state index in [4.69, 9.17) is 4.74 Å². The Bertz CT molecular complexity index is 634. The maximum atomic E-state index is 10.9. The molecule has 0 saturated carbocycles. The SMILES string of the molecule is CCNc1cc(Oc2cccc([N+](=O)[O-])c2Br)ccn1. The monoisotopic (exact) mass is 337 g/mol. The minimum absolute atomic E-state index is 0.0385. The van der Waals surface area contributed by atoms with Crippen molar-refractivity contribution in [3.05, 3.63) is 51.1 Å². The van der Waals surface area contributed by atoms with Gasteiger partial charge < -0.3 is 10.1 Å². The third-order valence-corrected chi connectivity index (χ3v) is 3.25. The summed E-state index contributed by atoms with van der Waals surface area (Å²) in [6, 6.07) is 8.06. The van der Waals surface area contributed by atoms with Crippen molar-refractivity contribution < 1.29 is 9.66 Å². The van der Waals surface area contributed by atoms with Gasteiger partial charge in [-0.1, -0.05) is 6.07 Å². The van der Waals surface area contributed by atoms with Gasteiger partial charge in [0.1, 0.15) is 21.8 Å². The molecule has 0 unspecified atom stereocenters. The van der Waals surface area contributed by atoms with Crippen LogP contribution in [-0.2, 0) is 0 Å². The molecule has 0 spiro atoms. The summed E-state index contributed by atoms with van der Waals surface area (Å²) in [5, 5.41) is 13.9. The number of ether oxygens (including phenoxy) is 1. The molecule has 6 nitrogen and oxygen atoms in total. The van der Waals surface area contributed by atoms with Crippen molar-refractivity contribution in [1.82, 2.24) is 4.98 Å². The number of anilines is 1. The van der Waals surface area contributed by atoms with Crippen molar-refractivity contribution in [3.63, 3.8) is 0 Å². The van der Waals surface area contributed by atoms with Crippen LogP contribution in [0.15, 0.2) is 41.0 Å². The summed E-state index contributed by atoms with van der Waals surface area (Å²) in [6.07, 6.45) is 1.61. The second kappa shape index (κ2) is 6.33. The first-order valence-electron chi connectivity index (χ1n) is 5.92. The average molecular weight is 338 g/mol. The zero-order valence-corrected chi connectivity index (χ0v) is 12.3. The molecule has 0 amide bonds. The third-order valence-electron chi connectivity index (χ3n) is 2.46. The fraction of sp³-hybridized carbons (Fsp3) is 0.154. The van der Waals surface area contributed by atoms with E-state index in [0.29, 0.717) is 21.8 Å². The number of nitrogens with zero attached hydrogens (tertiary/aromatic N) is 2. The minimum Gasteiger partial charge on any atom is -0.456 e. The maximum Gasteiger partial charge on any atom is 0.287 e. The van der Waals surface area contributed by atoms with E-state index >= 15 is 0 Å². The molecular formula is C13H12BrN3O3. The molecular weight excluding hydrogens is 326 g/mol. The van der Waals surface area contributed by atoms with Gasteiger partial charge in [0.2, 0.25) is 0 Å². The van der Waals surface area contributed by atoms with Crippen LogP contribution >= 0.6 is 15.9 Å². The normalized spacial score (nSPS) is 10.1. The van der Waals surface area contributed by atoms with Gasteiger partial charge in [0.05, 0.1) is 4.92 Å². The maximum absolute atomic E-state index is 10.9. The third kappa shape index (κ3) is 3.24. The second-order valence-electron chi connectivity index (χ2n) is 3.86. The molecule has 1 heterocycles. The lowest BCUT2D eigenvalue weighted by Gasteiger charge is -2.09. The van der Waals surface area contributed by atoms with Crippen LogP contribution < -0.4 is 10.1 Å². The number of hydrogen-bond donors (Lipinski definition) is 1. The van der Waals surface area contributed by atoms with Gasteiger partial charge in [-0.15, -0.1) is 0 Å². The molecule has 0 aliphatic rings. The topological polar surface area (TPSA) is 77.3 Å². The van der Waals surface area contributed by atoms with Crippen LogP contribution in [0.4, 0.5) is 11.5 Å². The van der Waals surface area contributed by atoms with Crippen molar-refractivity contribution in [3.8, 4) is 11.5 Å². The van der Waals surface area contributed by atoms with E-state index < -0.39 is 4.92 Å². The summed E-state index contributed by atoms with van der Waals surface area (Å²) < 4.78 is 5.97. The van der Waals surface area contributed by atoms with E-state index in [1.807, 2.05) is 6.92 Å². The van der Waals surface area contributed by atoms with Crippen molar-refractivity contribution >= 4 is 27.4 Å². The number of nitrogens with one attached hydrogen (secondary N) is 1. The summed E-state index contributed by atoms with van der Waals surface area (Å²) in [4.78, 5) is 14.5. The molecule has 20 heavy (non-hydrogen) atoms. The highest BCUT2D eigenvalue weighted by molar-refractivity contribution is 9.10. The number of aromatic nitrogens is 1. The van der Waals surface area contributed by atoms with Crippen LogP contribution in [0.5, 0.6) is 11.5 Å². The standard InChI is InChI=1S/C13H12BrN3O3/c1-2-15-12-8-9(6-7-16-12)20-11-5-3-4-10(13(11)14)17(18)19/h3-8H,2H2,1H3,(H,15,16). The van der Waals surface area contributed by atoms with E-state index in [-0.39, 0.29) is 5.69 Å². The van der Waals surface area contributed by atoms with E-state index in [9.17, 15) is 10.1 Å².